The largest absolute Gasteiger partial charge is 0.303 e. The summed E-state index contributed by atoms with van der Waals surface area (Å²) in [5.41, 5.74) is 2.99. The Morgan fingerprint density at radius 2 is 2.11 bits per heavy atom. The summed E-state index contributed by atoms with van der Waals surface area (Å²) >= 11 is 0. The van der Waals surface area contributed by atoms with Crippen LogP contribution in [0.4, 0.5) is 0 Å². The van der Waals surface area contributed by atoms with E-state index in [4.69, 9.17) is 0 Å². The zero-order valence-corrected chi connectivity index (χ0v) is 13.1. The quantitative estimate of drug-likeness (QED) is 0.515. The Labute approximate surface area is 118 Å². The third-order valence-electron chi connectivity index (χ3n) is 5.61. The lowest BCUT2D eigenvalue weighted by Crippen LogP contribution is -2.44. The molecule has 19 heavy (non-hydrogen) atoms. The van der Waals surface area contributed by atoms with Crippen molar-refractivity contribution in [1.82, 2.24) is 0 Å². The fourth-order valence-electron chi connectivity index (χ4n) is 4.76. The Hall–Kier alpha value is -0.850. The first-order valence-electron chi connectivity index (χ1n) is 7.70. The van der Waals surface area contributed by atoms with Crippen LogP contribution in [0, 0.1) is 29.1 Å². The molecule has 0 saturated heterocycles. The van der Waals surface area contributed by atoms with Crippen molar-refractivity contribution in [3.63, 3.8) is 0 Å². The van der Waals surface area contributed by atoms with Gasteiger partial charge in [-0.05, 0) is 50.9 Å². The second-order valence-electron chi connectivity index (χ2n) is 7.11. The van der Waals surface area contributed by atoms with Gasteiger partial charge in [-0.2, -0.15) is 0 Å². The summed E-state index contributed by atoms with van der Waals surface area (Å²) in [6.45, 7) is 11.2. The first kappa shape index (κ1) is 14.6. The molecule has 0 aromatic heterocycles. The van der Waals surface area contributed by atoms with Gasteiger partial charge in [0.05, 0.1) is 0 Å². The highest BCUT2D eigenvalue weighted by molar-refractivity contribution is 5.59. The molecule has 0 N–H and O–H groups in total. The molecule has 0 aromatic carbocycles. The maximum Gasteiger partial charge on any atom is 0.124 e. The van der Waals surface area contributed by atoms with Gasteiger partial charge in [-0.15, -0.1) is 0 Å². The highest BCUT2D eigenvalue weighted by Crippen LogP contribution is 2.54. The summed E-state index contributed by atoms with van der Waals surface area (Å²) in [4.78, 5) is 11.8. The molecule has 1 saturated carbocycles. The SMILES string of the molecule is C/C=C(\C)[C@@H]1C(C)=C[C@]2(C)C[C@H](C)CC[C@H]2[C@@H]1C=O. The molecule has 5 atom stereocenters. The van der Waals surface area contributed by atoms with Crippen LogP contribution in [0.1, 0.15) is 53.9 Å². The summed E-state index contributed by atoms with van der Waals surface area (Å²) in [6, 6.07) is 0. The number of rotatable bonds is 2. The Morgan fingerprint density at radius 1 is 1.42 bits per heavy atom. The van der Waals surface area contributed by atoms with Crippen LogP contribution in [-0.4, -0.2) is 6.29 Å². The van der Waals surface area contributed by atoms with E-state index in [0.717, 1.165) is 5.92 Å². The molecular weight excluding hydrogens is 232 g/mol. The topological polar surface area (TPSA) is 17.1 Å². The van der Waals surface area contributed by atoms with E-state index in [0.29, 0.717) is 11.8 Å². The van der Waals surface area contributed by atoms with Gasteiger partial charge >= 0.3 is 0 Å². The van der Waals surface area contributed by atoms with Gasteiger partial charge in [0.2, 0.25) is 0 Å². The molecule has 0 spiro atoms. The van der Waals surface area contributed by atoms with E-state index < -0.39 is 0 Å². The lowest BCUT2D eigenvalue weighted by Gasteiger charge is -2.51. The highest BCUT2D eigenvalue weighted by atomic mass is 16.1. The van der Waals surface area contributed by atoms with Crippen molar-refractivity contribution in [2.24, 2.45) is 29.1 Å². The van der Waals surface area contributed by atoms with E-state index in [9.17, 15) is 4.79 Å². The van der Waals surface area contributed by atoms with Crippen molar-refractivity contribution >= 4 is 6.29 Å². The number of allylic oxidation sites excluding steroid dienone is 4. The molecule has 0 amide bonds. The van der Waals surface area contributed by atoms with Crippen molar-refractivity contribution in [1.29, 1.82) is 0 Å². The molecular formula is C18H28O. The van der Waals surface area contributed by atoms with Crippen molar-refractivity contribution in [2.75, 3.05) is 0 Å². The lowest BCUT2D eigenvalue weighted by molar-refractivity contribution is -0.116. The van der Waals surface area contributed by atoms with Crippen molar-refractivity contribution < 1.29 is 4.79 Å². The summed E-state index contributed by atoms with van der Waals surface area (Å²) in [7, 11) is 0. The second-order valence-corrected chi connectivity index (χ2v) is 7.11. The highest BCUT2D eigenvalue weighted by Gasteiger charge is 2.47. The number of hydrogen-bond acceptors (Lipinski definition) is 1. The zero-order valence-electron chi connectivity index (χ0n) is 13.1. The van der Waals surface area contributed by atoms with E-state index in [2.05, 4.69) is 46.8 Å². The number of aldehydes is 1. The molecule has 0 radical (unpaired) electrons. The first-order valence-corrected chi connectivity index (χ1v) is 7.70. The molecule has 2 rings (SSSR count). The minimum absolute atomic E-state index is 0.179. The molecule has 0 aromatic rings. The Bertz CT molecular complexity index is 417. The summed E-state index contributed by atoms with van der Waals surface area (Å²) in [5.74, 6) is 1.84. The molecule has 0 bridgehead atoms. The third kappa shape index (κ3) is 2.44. The van der Waals surface area contributed by atoms with E-state index in [1.54, 1.807) is 0 Å². The van der Waals surface area contributed by atoms with Crippen molar-refractivity contribution in [3.05, 3.63) is 23.3 Å². The molecule has 2 aliphatic carbocycles. The average molecular weight is 260 g/mol. The molecule has 1 nitrogen and oxygen atoms in total. The monoisotopic (exact) mass is 260 g/mol. The van der Waals surface area contributed by atoms with Crippen LogP contribution in [0.2, 0.25) is 0 Å². The molecule has 0 aliphatic heterocycles. The molecule has 106 valence electrons. The van der Waals surface area contributed by atoms with Gasteiger partial charge in [-0.3, -0.25) is 0 Å². The fraction of sp³-hybridized carbons (Fsp3) is 0.722. The standard InChI is InChI=1S/C18H28O/c1-6-13(3)17-14(4)10-18(5)9-12(2)7-8-16(18)15(17)11-19/h6,10-12,15-17H,7-9H2,1-5H3/b13-6+/t12-,15+,16+,17-,18+/m1/s1. The zero-order chi connectivity index (χ0) is 14.2. The van der Waals surface area contributed by atoms with Gasteiger partial charge < -0.3 is 4.79 Å². The van der Waals surface area contributed by atoms with E-state index in [-0.39, 0.29) is 11.3 Å². The minimum atomic E-state index is 0.179. The second kappa shape index (κ2) is 5.26. The van der Waals surface area contributed by atoms with Crippen molar-refractivity contribution in [2.45, 2.75) is 53.9 Å². The van der Waals surface area contributed by atoms with Gasteiger partial charge in [-0.1, -0.05) is 43.6 Å². The summed E-state index contributed by atoms with van der Waals surface area (Å²) in [6.07, 6.45) is 9.63. The Balaban J connectivity index is 2.45. The molecule has 1 fully saturated rings. The van der Waals surface area contributed by atoms with Crippen molar-refractivity contribution in [3.8, 4) is 0 Å². The fourth-order valence-corrected chi connectivity index (χ4v) is 4.76. The van der Waals surface area contributed by atoms with Crippen LogP contribution >= 0.6 is 0 Å². The molecule has 0 unspecified atom stereocenters. The Morgan fingerprint density at radius 3 is 2.68 bits per heavy atom. The molecule has 0 heterocycles. The van der Waals surface area contributed by atoms with Gasteiger partial charge in [0, 0.05) is 11.8 Å². The van der Waals surface area contributed by atoms with E-state index >= 15 is 0 Å². The van der Waals surface area contributed by atoms with Crippen LogP contribution in [0.25, 0.3) is 0 Å². The average Bonchev–Trinajstić information content (AvgIpc) is 2.34. The molecule has 2 aliphatic rings. The maximum absolute atomic E-state index is 11.8. The van der Waals surface area contributed by atoms with Gasteiger partial charge in [0.15, 0.2) is 0 Å². The number of fused-ring (bicyclic) bond motifs is 1. The smallest absolute Gasteiger partial charge is 0.124 e. The van der Waals surface area contributed by atoms with E-state index in [1.807, 2.05) is 0 Å². The van der Waals surface area contributed by atoms with Crippen LogP contribution in [-0.2, 0) is 4.79 Å². The minimum Gasteiger partial charge on any atom is -0.303 e. The van der Waals surface area contributed by atoms with E-state index in [1.165, 1.54) is 36.7 Å². The third-order valence-corrected chi connectivity index (χ3v) is 5.61. The van der Waals surface area contributed by atoms with Crippen LogP contribution in [0.3, 0.4) is 0 Å². The maximum atomic E-state index is 11.8. The number of carbonyl (C=O) groups excluding carboxylic acids is 1. The first-order chi connectivity index (χ1) is 8.92. The number of carbonyl (C=O) groups is 1. The van der Waals surface area contributed by atoms with Gasteiger partial charge in [0.25, 0.3) is 0 Å². The normalized spacial score (nSPS) is 43.4. The van der Waals surface area contributed by atoms with Crippen LogP contribution in [0.5, 0.6) is 0 Å². The Kier molecular flexibility index (Phi) is 4.03. The lowest BCUT2D eigenvalue weighted by atomic mass is 9.53. The predicted octanol–water partition coefficient (Wildman–Crippen LogP) is 4.79. The van der Waals surface area contributed by atoms with Crippen LogP contribution < -0.4 is 0 Å². The predicted molar refractivity (Wildman–Crippen MR) is 80.8 cm³/mol. The van der Waals surface area contributed by atoms with Gasteiger partial charge in [-0.25, -0.2) is 0 Å². The molecule has 1 heteroatoms. The number of hydrogen-bond donors (Lipinski definition) is 0. The van der Waals surface area contributed by atoms with Crippen LogP contribution in [0.15, 0.2) is 23.3 Å². The summed E-state index contributed by atoms with van der Waals surface area (Å²) < 4.78 is 0. The summed E-state index contributed by atoms with van der Waals surface area (Å²) in [5, 5.41) is 0. The van der Waals surface area contributed by atoms with Gasteiger partial charge in [0.1, 0.15) is 6.29 Å².